The summed E-state index contributed by atoms with van der Waals surface area (Å²) in [5, 5.41) is 7.31. The highest BCUT2D eigenvalue weighted by atomic mass is 32.2. The molecule has 13 heteroatoms. The summed E-state index contributed by atoms with van der Waals surface area (Å²) < 4.78 is 79.8. The lowest BCUT2D eigenvalue weighted by Gasteiger charge is -2.14. The minimum Gasteiger partial charge on any atom is -0.325 e. The maximum Gasteiger partial charge on any atom is 0.416 e. The molecule has 2 aromatic heterocycles. The molecular formula is C22H15F6N5OS. The van der Waals surface area contributed by atoms with Crippen LogP contribution in [0.1, 0.15) is 16.7 Å². The second kappa shape index (κ2) is 9.21. The lowest BCUT2D eigenvalue weighted by atomic mass is 10.1. The van der Waals surface area contributed by atoms with Crippen molar-refractivity contribution in [1.82, 2.24) is 19.7 Å². The summed E-state index contributed by atoms with van der Waals surface area (Å²) >= 11 is 0.947. The molecule has 35 heavy (non-hydrogen) atoms. The summed E-state index contributed by atoms with van der Waals surface area (Å²) in [7, 11) is 0. The molecular weight excluding hydrogens is 496 g/mol. The Balaban J connectivity index is 1.52. The van der Waals surface area contributed by atoms with E-state index in [9.17, 15) is 31.1 Å². The zero-order valence-corrected chi connectivity index (χ0v) is 18.6. The van der Waals surface area contributed by atoms with Gasteiger partial charge in [-0.25, -0.2) is 14.6 Å². The molecule has 2 heterocycles. The van der Waals surface area contributed by atoms with Crippen LogP contribution in [0.2, 0.25) is 0 Å². The van der Waals surface area contributed by atoms with Gasteiger partial charge in [-0.2, -0.15) is 31.4 Å². The first-order valence-corrected chi connectivity index (χ1v) is 10.9. The van der Waals surface area contributed by atoms with Crippen LogP contribution in [0.25, 0.3) is 16.7 Å². The predicted octanol–water partition coefficient (Wildman–Crippen LogP) is 5.89. The Labute approximate surface area is 198 Å². The fraction of sp³-hybridized carbons (Fsp3) is 0.182. The molecule has 0 fully saturated rings. The highest BCUT2D eigenvalue weighted by Crippen LogP contribution is 2.37. The molecule has 182 valence electrons. The van der Waals surface area contributed by atoms with Gasteiger partial charge in [-0.15, -0.1) is 0 Å². The third-order valence-electron chi connectivity index (χ3n) is 4.82. The van der Waals surface area contributed by atoms with Crippen LogP contribution < -0.4 is 5.32 Å². The Bertz CT molecular complexity index is 1350. The van der Waals surface area contributed by atoms with Crippen LogP contribution in [-0.2, 0) is 17.1 Å². The molecule has 0 aliphatic heterocycles. The Kier molecular flexibility index (Phi) is 6.45. The highest BCUT2D eigenvalue weighted by Gasteiger charge is 2.37. The zero-order chi connectivity index (χ0) is 25.4. The number of nitrogens with zero attached hydrogens (tertiary/aromatic N) is 4. The first-order valence-electron chi connectivity index (χ1n) is 9.90. The molecule has 4 aromatic rings. The number of rotatable bonds is 5. The van der Waals surface area contributed by atoms with Crippen molar-refractivity contribution in [2.45, 2.75) is 24.3 Å². The number of hydrogen-bond acceptors (Lipinski definition) is 5. The van der Waals surface area contributed by atoms with Gasteiger partial charge in [0.2, 0.25) is 5.91 Å². The van der Waals surface area contributed by atoms with E-state index < -0.39 is 35.1 Å². The maximum atomic E-state index is 13.0. The van der Waals surface area contributed by atoms with E-state index in [2.05, 4.69) is 20.4 Å². The van der Waals surface area contributed by atoms with Crippen LogP contribution >= 0.6 is 11.8 Å². The van der Waals surface area contributed by atoms with Crippen molar-refractivity contribution in [1.29, 1.82) is 0 Å². The molecule has 0 bridgehead atoms. The normalized spacial score (nSPS) is 12.2. The summed E-state index contributed by atoms with van der Waals surface area (Å²) in [5.74, 6) is -1.13. The number of thioether (sulfide) groups is 1. The molecule has 0 radical (unpaired) electrons. The van der Waals surface area contributed by atoms with Gasteiger partial charge in [-0.1, -0.05) is 29.5 Å². The summed E-state index contributed by atoms with van der Waals surface area (Å²) in [6.45, 7) is 1.94. The van der Waals surface area contributed by atoms with E-state index in [-0.39, 0.29) is 11.8 Å². The first-order chi connectivity index (χ1) is 16.4. The number of anilines is 1. The largest absolute Gasteiger partial charge is 0.416 e. The van der Waals surface area contributed by atoms with E-state index in [0.717, 1.165) is 23.0 Å². The second-order valence-corrected chi connectivity index (χ2v) is 8.40. The third kappa shape index (κ3) is 5.56. The van der Waals surface area contributed by atoms with Gasteiger partial charge in [0, 0.05) is 5.69 Å². The number of alkyl halides is 6. The molecule has 0 atom stereocenters. The van der Waals surface area contributed by atoms with Crippen LogP contribution in [-0.4, -0.2) is 31.4 Å². The van der Waals surface area contributed by atoms with Gasteiger partial charge in [-0.05, 0) is 37.3 Å². The molecule has 0 aliphatic carbocycles. The van der Waals surface area contributed by atoms with Gasteiger partial charge < -0.3 is 5.32 Å². The standard InChI is InChI=1S/C22H15F6N5OS/c1-12-2-4-16(5-3-12)33-19-17(9-31-33)20(30-11-29-19)35-10-18(34)32-15-7-13(21(23,24)25)6-14(8-15)22(26,27)28/h2-9,11H,10H2,1H3,(H,32,34). The lowest BCUT2D eigenvalue weighted by molar-refractivity contribution is -0.143. The van der Waals surface area contributed by atoms with Crippen molar-refractivity contribution < 1.29 is 31.1 Å². The molecule has 0 spiro atoms. The molecule has 1 amide bonds. The summed E-state index contributed by atoms with van der Waals surface area (Å²) in [6.07, 6.45) is -7.24. The lowest BCUT2D eigenvalue weighted by Crippen LogP contribution is -2.17. The van der Waals surface area contributed by atoms with Crippen LogP contribution in [0.5, 0.6) is 0 Å². The molecule has 2 aromatic carbocycles. The minimum absolute atomic E-state index is 0.00622. The average molecular weight is 511 g/mol. The molecule has 0 saturated carbocycles. The van der Waals surface area contributed by atoms with Gasteiger partial charge in [0.15, 0.2) is 5.65 Å². The van der Waals surface area contributed by atoms with Crippen LogP contribution in [0.4, 0.5) is 32.0 Å². The number of carbonyl (C=O) groups is 1. The Morgan fingerprint density at radius 2 is 1.60 bits per heavy atom. The Morgan fingerprint density at radius 1 is 0.971 bits per heavy atom. The van der Waals surface area contributed by atoms with Crippen molar-refractivity contribution in [3.63, 3.8) is 0 Å². The van der Waals surface area contributed by atoms with Crippen molar-refractivity contribution in [2.24, 2.45) is 0 Å². The van der Waals surface area contributed by atoms with E-state index in [1.54, 1.807) is 4.68 Å². The number of aryl methyl sites for hydroxylation is 1. The average Bonchev–Trinajstić information content (AvgIpc) is 3.21. The third-order valence-corrected chi connectivity index (χ3v) is 5.82. The topological polar surface area (TPSA) is 72.7 Å². The quantitative estimate of drug-likeness (QED) is 0.206. The Hall–Kier alpha value is -3.61. The van der Waals surface area contributed by atoms with E-state index in [0.29, 0.717) is 28.2 Å². The van der Waals surface area contributed by atoms with E-state index >= 15 is 0 Å². The number of carbonyl (C=O) groups excluding carboxylic acids is 1. The molecule has 0 aliphatic rings. The SMILES string of the molecule is Cc1ccc(-n2ncc3c(SCC(=O)Nc4cc(C(F)(F)F)cc(C(F)(F)F)c4)ncnc32)cc1. The molecule has 0 unspecified atom stereocenters. The summed E-state index contributed by atoms with van der Waals surface area (Å²) in [6, 6.07) is 8.42. The van der Waals surface area contributed by atoms with Crippen LogP contribution in [0, 0.1) is 6.92 Å². The van der Waals surface area contributed by atoms with Gasteiger partial charge in [-0.3, -0.25) is 4.79 Å². The van der Waals surface area contributed by atoms with Gasteiger partial charge in [0.25, 0.3) is 0 Å². The van der Waals surface area contributed by atoms with Crippen LogP contribution in [0.15, 0.2) is 60.0 Å². The van der Waals surface area contributed by atoms with Gasteiger partial charge in [0.05, 0.1) is 34.2 Å². The predicted molar refractivity (Wildman–Crippen MR) is 117 cm³/mol. The van der Waals surface area contributed by atoms with E-state index in [1.165, 1.54) is 12.5 Å². The molecule has 6 nitrogen and oxygen atoms in total. The molecule has 1 N–H and O–H groups in total. The highest BCUT2D eigenvalue weighted by molar-refractivity contribution is 8.00. The van der Waals surface area contributed by atoms with Crippen molar-refractivity contribution in [3.8, 4) is 5.69 Å². The monoisotopic (exact) mass is 511 g/mol. The number of benzene rings is 2. The fourth-order valence-corrected chi connectivity index (χ4v) is 3.93. The Morgan fingerprint density at radius 3 is 2.20 bits per heavy atom. The number of amides is 1. The first kappa shape index (κ1) is 24.5. The fourth-order valence-electron chi connectivity index (χ4n) is 3.17. The number of aromatic nitrogens is 4. The zero-order valence-electron chi connectivity index (χ0n) is 17.8. The minimum atomic E-state index is -5.01. The van der Waals surface area contributed by atoms with Gasteiger partial charge >= 0.3 is 12.4 Å². The number of hydrogen-bond donors (Lipinski definition) is 1. The molecule has 4 rings (SSSR count). The summed E-state index contributed by atoms with van der Waals surface area (Å²) in [5.41, 5.74) is -1.36. The summed E-state index contributed by atoms with van der Waals surface area (Å²) in [4.78, 5) is 20.7. The van der Waals surface area contributed by atoms with Crippen molar-refractivity contribution in [3.05, 3.63) is 71.7 Å². The van der Waals surface area contributed by atoms with E-state index in [1.807, 2.05) is 31.2 Å². The smallest absolute Gasteiger partial charge is 0.325 e. The maximum absolute atomic E-state index is 13.0. The number of nitrogens with one attached hydrogen (secondary N) is 1. The van der Waals surface area contributed by atoms with Crippen molar-refractivity contribution in [2.75, 3.05) is 11.1 Å². The molecule has 0 saturated heterocycles. The van der Waals surface area contributed by atoms with Crippen LogP contribution in [0.3, 0.4) is 0 Å². The number of halogens is 6. The van der Waals surface area contributed by atoms with Crippen molar-refractivity contribution >= 4 is 34.4 Å². The number of fused-ring (bicyclic) bond motifs is 1. The van der Waals surface area contributed by atoms with E-state index in [4.69, 9.17) is 0 Å². The van der Waals surface area contributed by atoms with Gasteiger partial charge in [0.1, 0.15) is 11.4 Å². The second-order valence-electron chi connectivity index (χ2n) is 7.44.